The number of aromatic nitrogens is 1. The molecule has 0 atom stereocenters. The second-order valence-corrected chi connectivity index (χ2v) is 5.98. The van der Waals surface area contributed by atoms with E-state index in [1.165, 1.54) is 29.5 Å². The van der Waals surface area contributed by atoms with Crippen molar-refractivity contribution >= 4 is 34.8 Å². The highest BCUT2D eigenvalue weighted by molar-refractivity contribution is 8.01. The molecule has 2 rings (SSSR count). The van der Waals surface area contributed by atoms with Crippen LogP contribution in [-0.4, -0.2) is 21.0 Å². The van der Waals surface area contributed by atoms with E-state index in [0.717, 1.165) is 11.8 Å². The summed E-state index contributed by atoms with van der Waals surface area (Å²) in [7, 11) is 0. The topological polar surface area (TPSA) is 117 Å². The molecule has 0 saturated carbocycles. The van der Waals surface area contributed by atoms with Gasteiger partial charge >= 0.3 is 5.97 Å². The molecular formula is C12H7N3O4S2. The van der Waals surface area contributed by atoms with Crippen molar-refractivity contribution in [1.82, 2.24) is 4.98 Å². The predicted octanol–water partition coefficient (Wildman–Crippen LogP) is 2.70. The van der Waals surface area contributed by atoms with Crippen LogP contribution in [0.5, 0.6) is 0 Å². The molecule has 1 aromatic heterocycles. The molecule has 0 aliphatic heterocycles. The zero-order valence-electron chi connectivity index (χ0n) is 10.3. The lowest BCUT2D eigenvalue weighted by atomic mass is 10.2. The van der Waals surface area contributed by atoms with Crippen molar-refractivity contribution in [2.24, 2.45) is 0 Å². The smallest absolute Gasteiger partial charge is 0.309 e. The molecule has 0 amide bonds. The van der Waals surface area contributed by atoms with Crippen molar-refractivity contribution in [3.05, 3.63) is 45.0 Å². The average Bonchev–Trinajstić information content (AvgIpc) is 2.84. The molecule has 1 aromatic carbocycles. The van der Waals surface area contributed by atoms with Gasteiger partial charge < -0.3 is 5.11 Å². The van der Waals surface area contributed by atoms with Gasteiger partial charge in [-0.25, -0.2) is 4.98 Å². The Morgan fingerprint density at radius 2 is 2.33 bits per heavy atom. The van der Waals surface area contributed by atoms with Crippen LogP contribution in [0.4, 0.5) is 5.69 Å². The summed E-state index contributed by atoms with van der Waals surface area (Å²) in [5.41, 5.74) is 0.591. The number of carboxylic acids is 1. The highest BCUT2D eigenvalue weighted by atomic mass is 32.2. The maximum absolute atomic E-state index is 11.0. The van der Waals surface area contributed by atoms with E-state index < -0.39 is 10.9 Å². The molecule has 7 nitrogen and oxygen atoms in total. The number of carbonyl (C=O) groups is 1. The number of benzene rings is 1. The van der Waals surface area contributed by atoms with Crippen LogP contribution in [0.25, 0.3) is 0 Å². The number of aliphatic carboxylic acids is 1. The normalized spacial score (nSPS) is 10.0. The molecule has 0 unspecified atom stereocenters. The number of nitrogens with zero attached hydrogens (tertiary/aromatic N) is 3. The highest BCUT2D eigenvalue weighted by Gasteiger charge is 2.17. The number of nitro groups is 1. The number of nitro benzene ring substituents is 1. The van der Waals surface area contributed by atoms with E-state index in [2.05, 4.69) is 4.98 Å². The first-order chi connectivity index (χ1) is 9.99. The van der Waals surface area contributed by atoms with Crippen LogP contribution in [0.1, 0.15) is 11.3 Å². The van der Waals surface area contributed by atoms with Crippen LogP contribution >= 0.6 is 23.1 Å². The number of hydrogen-bond donors (Lipinski definition) is 1. The third kappa shape index (κ3) is 3.77. The van der Waals surface area contributed by atoms with Crippen molar-refractivity contribution in [2.45, 2.75) is 15.7 Å². The predicted molar refractivity (Wildman–Crippen MR) is 75.4 cm³/mol. The lowest BCUT2D eigenvalue weighted by Gasteiger charge is -2.00. The van der Waals surface area contributed by atoms with Crippen LogP contribution in [0.3, 0.4) is 0 Å². The van der Waals surface area contributed by atoms with Crippen LogP contribution in [0.2, 0.25) is 0 Å². The van der Waals surface area contributed by atoms with E-state index in [1.807, 2.05) is 6.07 Å². The molecule has 106 valence electrons. The Kier molecular flexibility index (Phi) is 4.52. The molecule has 21 heavy (non-hydrogen) atoms. The minimum Gasteiger partial charge on any atom is -0.481 e. The summed E-state index contributed by atoms with van der Waals surface area (Å²) in [6, 6.07) is 5.98. The van der Waals surface area contributed by atoms with E-state index >= 15 is 0 Å². The second-order valence-electron chi connectivity index (χ2n) is 3.83. The summed E-state index contributed by atoms with van der Waals surface area (Å²) in [6.45, 7) is 0. The lowest BCUT2D eigenvalue weighted by molar-refractivity contribution is -0.387. The van der Waals surface area contributed by atoms with Gasteiger partial charge in [-0.1, -0.05) is 11.8 Å². The molecule has 1 N–H and O–H groups in total. The fraction of sp³-hybridized carbons (Fsp3) is 0.0833. The van der Waals surface area contributed by atoms with E-state index in [0.29, 0.717) is 20.5 Å². The third-order valence-corrected chi connectivity index (χ3v) is 4.38. The molecule has 1 heterocycles. The van der Waals surface area contributed by atoms with Gasteiger partial charge in [0.2, 0.25) is 0 Å². The number of hydrogen-bond acceptors (Lipinski definition) is 7. The van der Waals surface area contributed by atoms with Crippen molar-refractivity contribution in [3.63, 3.8) is 0 Å². The van der Waals surface area contributed by atoms with E-state index in [9.17, 15) is 14.9 Å². The van der Waals surface area contributed by atoms with E-state index in [4.69, 9.17) is 10.4 Å². The molecule has 0 fully saturated rings. The number of rotatable bonds is 5. The molecule has 0 bridgehead atoms. The summed E-state index contributed by atoms with van der Waals surface area (Å²) in [5.74, 6) is -0.991. The fourth-order valence-corrected chi connectivity index (χ4v) is 3.41. The number of nitriles is 1. The standard InChI is InChI=1S/C12H7N3O4S2/c13-5-7-1-2-9(15(18)19)10(3-7)21-12-14-8(6-20-12)4-11(16)17/h1-3,6H,4H2,(H,16,17). The highest BCUT2D eigenvalue weighted by Crippen LogP contribution is 2.36. The van der Waals surface area contributed by atoms with Gasteiger partial charge in [0, 0.05) is 11.4 Å². The van der Waals surface area contributed by atoms with Gasteiger partial charge in [-0.3, -0.25) is 14.9 Å². The Hall–Kier alpha value is -2.44. The Balaban J connectivity index is 2.30. The van der Waals surface area contributed by atoms with Crippen molar-refractivity contribution in [3.8, 4) is 6.07 Å². The quantitative estimate of drug-likeness (QED) is 0.664. The monoisotopic (exact) mass is 321 g/mol. The average molecular weight is 321 g/mol. The third-order valence-electron chi connectivity index (χ3n) is 2.35. The lowest BCUT2D eigenvalue weighted by Crippen LogP contribution is -1.99. The van der Waals surface area contributed by atoms with Crippen molar-refractivity contribution in [1.29, 1.82) is 5.26 Å². The molecule has 0 spiro atoms. The molecule has 0 radical (unpaired) electrons. The zero-order valence-corrected chi connectivity index (χ0v) is 12.0. The summed E-state index contributed by atoms with van der Waals surface area (Å²) in [6.07, 6.45) is -0.197. The molecule has 9 heteroatoms. The zero-order chi connectivity index (χ0) is 15.4. The first-order valence-corrected chi connectivity index (χ1v) is 7.22. The Labute approximate surface area is 127 Å². The second kappa shape index (κ2) is 6.34. The summed E-state index contributed by atoms with van der Waals surface area (Å²) >= 11 is 2.24. The van der Waals surface area contributed by atoms with Gasteiger partial charge in [0.25, 0.3) is 5.69 Å². The van der Waals surface area contributed by atoms with Gasteiger partial charge in [-0.05, 0) is 12.1 Å². The largest absolute Gasteiger partial charge is 0.481 e. The van der Waals surface area contributed by atoms with Crippen molar-refractivity contribution in [2.75, 3.05) is 0 Å². The van der Waals surface area contributed by atoms with Crippen molar-refractivity contribution < 1.29 is 14.8 Å². The minimum atomic E-state index is -0.991. The molecule has 2 aromatic rings. The maximum Gasteiger partial charge on any atom is 0.309 e. The van der Waals surface area contributed by atoms with Gasteiger partial charge in [0.05, 0.1) is 33.6 Å². The fourth-order valence-electron chi connectivity index (χ4n) is 1.48. The summed E-state index contributed by atoms with van der Waals surface area (Å²) in [4.78, 5) is 25.4. The Morgan fingerprint density at radius 1 is 1.57 bits per heavy atom. The Bertz CT molecular complexity index is 751. The SMILES string of the molecule is N#Cc1ccc([N+](=O)[O-])c(Sc2nc(CC(=O)O)cs2)c1. The molecule has 0 aliphatic rings. The summed E-state index contributed by atoms with van der Waals surface area (Å²) in [5, 5.41) is 30.1. The van der Waals surface area contributed by atoms with Gasteiger partial charge in [0.15, 0.2) is 4.34 Å². The Morgan fingerprint density at radius 3 is 2.95 bits per heavy atom. The summed E-state index contributed by atoms with van der Waals surface area (Å²) < 4.78 is 0.490. The van der Waals surface area contributed by atoms with Crippen LogP contribution in [0, 0.1) is 21.4 Å². The van der Waals surface area contributed by atoms with E-state index in [-0.39, 0.29) is 12.1 Å². The maximum atomic E-state index is 11.0. The molecular weight excluding hydrogens is 314 g/mol. The van der Waals surface area contributed by atoms with E-state index in [1.54, 1.807) is 5.38 Å². The number of carboxylic acid groups (broad SMARTS) is 1. The van der Waals surface area contributed by atoms with Crippen LogP contribution in [-0.2, 0) is 11.2 Å². The van der Waals surface area contributed by atoms with Gasteiger partial charge in [-0.2, -0.15) is 5.26 Å². The molecule has 0 aliphatic carbocycles. The number of thiazole rings is 1. The van der Waals surface area contributed by atoms with Crippen LogP contribution in [0.15, 0.2) is 32.8 Å². The first kappa shape index (κ1) is 15.0. The van der Waals surface area contributed by atoms with Gasteiger partial charge in [-0.15, -0.1) is 11.3 Å². The first-order valence-electron chi connectivity index (χ1n) is 5.52. The van der Waals surface area contributed by atoms with Gasteiger partial charge in [0.1, 0.15) is 0 Å². The van der Waals surface area contributed by atoms with Crippen LogP contribution < -0.4 is 0 Å². The minimum absolute atomic E-state index is 0.117. The molecule has 0 saturated heterocycles.